The van der Waals surface area contributed by atoms with Crippen molar-refractivity contribution in [1.29, 1.82) is 0 Å². The van der Waals surface area contributed by atoms with Gasteiger partial charge in [-0.1, -0.05) is 12.1 Å². The van der Waals surface area contributed by atoms with Crippen molar-refractivity contribution in [3.63, 3.8) is 0 Å². The van der Waals surface area contributed by atoms with E-state index in [0.717, 1.165) is 5.56 Å². The van der Waals surface area contributed by atoms with E-state index < -0.39 is 18.5 Å². The van der Waals surface area contributed by atoms with Crippen molar-refractivity contribution < 1.29 is 19.1 Å². The zero-order chi connectivity index (χ0) is 21.4. The quantitative estimate of drug-likeness (QED) is 0.588. The van der Waals surface area contributed by atoms with Gasteiger partial charge < -0.3 is 20.7 Å². The van der Waals surface area contributed by atoms with Crippen LogP contribution in [0.3, 0.4) is 0 Å². The second-order valence-corrected chi connectivity index (χ2v) is 7.06. The summed E-state index contributed by atoms with van der Waals surface area (Å²) in [6.45, 7) is 7.57. The van der Waals surface area contributed by atoms with Gasteiger partial charge in [0.1, 0.15) is 5.82 Å². The molecule has 1 aromatic carbocycles. The minimum absolute atomic E-state index is 0.0512. The number of urea groups is 1. The minimum atomic E-state index is -0.602. The molecule has 3 N–H and O–H groups in total. The summed E-state index contributed by atoms with van der Waals surface area (Å²) in [5.41, 5.74) is 1.15. The molecule has 0 spiro atoms. The topological polar surface area (TPSA) is 114 Å². The maximum absolute atomic E-state index is 12.1. The Bertz CT molecular complexity index is 843. The van der Waals surface area contributed by atoms with Crippen LogP contribution in [0.25, 0.3) is 0 Å². The lowest BCUT2D eigenvalue weighted by atomic mass is 10.1. The molecule has 1 heterocycles. The summed E-state index contributed by atoms with van der Waals surface area (Å²) in [6, 6.07) is 8.17. The molecule has 9 nitrogen and oxygen atoms in total. The SMILES string of the molecule is CC(C)NC(=O)NCc1ccc(C(=O)OCC(=O)Nc2ccnn2C(C)C)cc1. The molecule has 0 saturated carbocycles. The Morgan fingerprint density at radius 2 is 1.76 bits per heavy atom. The third kappa shape index (κ3) is 6.95. The van der Waals surface area contributed by atoms with E-state index in [1.165, 1.54) is 0 Å². The van der Waals surface area contributed by atoms with Gasteiger partial charge >= 0.3 is 12.0 Å². The van der Waals surface area contributed by atoms with Gasteiger partial charge in [0, 0.05) is 24.7 Å². The van der Waals surface area contributed by atoms with Crippen LogP contribution in [0.1, 0.15) is 49.7 Å². The van der Waals surface area contributed by atoms with Crippen molar-refractivity contribution in [2.24, 2.45) is 0 Å². The van der Waals surface area contributed by atoms with E-state index in [1.807, 2.05) is 27.7 Å². The second-order valence-electron chi connectivity index (χ2n) is 7.06. The van der Waals surface area contributed by atoms with Gasteiger partial charge in [0.05, 0.1) is 11.8 Å². The van der Waals surface area contributed by atoms with Crippen LogP contribution >= 0.6 is 0 Å². The van der Waals surface area contributed by atoms with Crippen LogP contribution in [-0.2, 0) is 16.1 Å². The zero-order valence-electron chi connectivity index (χ0n) is 17.1. The van der Waals surface area contributed by atoms with E-state index in [0.29, 0.717) is 17.9 Å². The molecule has 1 aromatic heterocycles. The Labute approximate surface area is 169 Å². The van der Waals surface area contributed by atoms with Gasteiger partial charge in [-0.05, 0) is 45.4 Å². The number of amides is 3. The molecule has 9 heteroatoms. The predicted octanol–water partition coefficient (Wildman–Crippen LogP) is 2.47. The molecule has 2 aromatic rings. The first kappa shape index (κ1) is 21.9. The molecular weight excluding hydrogens is 374 g/mol. The smallest absolute Gasteiger partial charge is 0.338 e. The number of anilines is 1. The van der Waals surface area contributed by atoms with Crippen molar-refractivity contribution in [3.8, 4) is 0 Å². The molecular formula is C20H27N5O4. The normalized spacial score (nSPS) is 10.7. The van der Waals surface area contributed by atoms with E-state index in [4.69, 9.17) is 4.74 Å². The molecule has 0 aliphatic heterocycles. The molecule has 29 heavy (non-hydrogen) atoms. The first-order valence-corrected chi connectivity index (χ1v) is 9.40. The predicted molar refractivity (Wildman–Crippen MR) is 108 cm³/mol. The number of esters is 1. The molecule has 156 valence electrons. The average Bonchev–Trinajstić information content (AvgIpc) is 3.12. The van der Waals surface area contributed by atoms with Gasteiger partial charge in [-0.3, -0.25) is 4.79 Å². The summed E-state index contributed by atoms with van der Waals surface area (Å²) in [5, 5.41) is 12.2. The highest BCUT2D eigenvalue weighted by Gasteiger charge is 2.13. The van der Waals surface area contributed by atoms with E-state index in [2.05, 4.69) is 21.0 Å². The summed E-state index contributed by atoms with van der Waals surface area (Å²) in [7, 11) is 0. The van der Waals surface area contributed by atoms with Gasteiger partial charge in [-0.2, -0.15) is 5.10 Å². The molecule has 0 saturated heterocycles. The zero-order valence-corrected chi connectivity index (χ0v) is 17.1. The minimum Gasteiger partial charge on any atom is -0.452 e. The number of rotatable bonds is 8. The monoisotopic (exact) mass is 401 g/mol. The summed E-state index contributed by atoms with van der Waals surface area (Å²) >= 11 is 0. The number of nitrogens with zero attached hydrogens (tertiary/aromatic N) is 2. The third-order valence-corrected chi connectivity index (χ3v) is 3.82. The van der Waals surface area contributed by atoms with Crippen molar-refractivity contribution >= 4 is 23.7 Å². The van der Waals surface area contributed by atoms with Crippen molar-refractivity contribution in [2.75, 3.05) is 11.9 Å². The molecule has 0 fully saturated rings. The lowest BCUT2D eigenvalue weighted by molar-refractivity contribution is -0.119. The number of carbonyl (C=O) groups is 3. The van der Waals surface area contributed by atoms with E-state index >= 15 is 0 Å². The highest BCUT2D eigenvalue weighted by Crippen LogP contribution is 2.13. The lowest BCUT2D eigenvalue weighted by Crippen LogP contribution is -2.39. The summed E-state index contributed by atoms with van der Waals surface area (Å²) < 4.78 is 6.72. The van der Waals surface area contributed by atoms with Crippen LogP contribution in [0.4, 0.5) is 10.6 Å². The Balaban J connectivity index is 1.80. The van der Waals surface area contributed by atoms with Gasteiger partial charge in [-0.25, -0.2) is 14.3 Å². The molecule has 0 bridgehead atoms. The molecule has 0 aliphatic carbocycles. The van der Waals surface area contributed by atoms with E-state index in [-0.39, 0.29) is 18.1 Å². The van der Waals surface area contributed by atoms with Gasteiger partial charge in [0.15, 0.2) is 6.61 Å². The molecule has 0 unspecified atom stereocenters. The Kier molecular flexibility index (Phi) is 7.76. The van der Waals surface area contributed by atoms with E-state index in [1.54, 1.807) is 41.2 Å². The first-order valence-electron chi connectivity index (χ1n) is 9.40. The van der Waals surface area contributed by atoms with Crippen LogP contribution in [0.2, 0.25) is 0 Å². The summed E-state index contributed by atoms with van der Waals surface area (Å²) in [6.07, 6.45) is 1.59. The maximum atomic E-state index is 12.1. The number of aromatic nitrogens is 2. The standard InChI is InChI=1S/C20H27N5O4/c1-13(2)23-20(28)21-11-15-5-7-16(8-6-15)19(27)29-12-18(26)24-17-9-10-22-25(17)14(3)4/h5-10,13-14H,11-12H2,1-4H3,(H,24,26)(H2,21,23,28). The highest BCUT2D eigenvalue weighted by molar-refractivity contribution is 5.95. The third-order valence-electron chi connectivity index (χ3n) is 3.82. The van der Waals surface area contributed by atoms with Crippen LogP contribution in [0, 0.1) is 0 Å². The van der Waals surface area contributed by atoms with Crippen LogP contribution < -0.4 is 16.0 Å². The van der Waals surface area contributed by atoms with Crippen LogP contribution in [-0.4, -0.2) is 40.3 Å². The van der Waals surface area contributed by atoms with Gasteiger partial charge in [-0.15, -0.1) is 0 Å². The molecule has 0 atom stereocenters. The van der Waals surface area contributed by atoms with Gasteiger partial charge in [0.25, 0.3) is 5.91 Å². The number of nitrogens with one attached hydrogen (secondary N) is 3. The number of benzene rings is 1. The van der Waals surface area contributed by atoms with Crippen LogP contribution in [0.5, 0.6) is 0 Å². The first-order chi connectivity index (χ1) is 13.8. The fourth-order valence-electron chi connectivity index (χ4n) is 2.47. The number of ether oxygens (including phenoxy) is 1. The fourth-order valence-corrected chi connectivity index (χ4v) is 2.47. The largest absolute Gasteiger partial charge is 0.452 e. The summed E-state index contributed by atoms with van der Waals surface area (Å²) in [4.78, 5) is 35.7. The number of hydrogen-bond acceptors (Lipinski definition) is 5. The molecule has 2 rings (SSSR count). The summed E-state index contributed by atoms with van der Waals surface area (Å²) in [5.74, 6) is -0.508. The maximum Gasteiger partial charge on any atom is 0.338 e. The Hall–Kier alpha value is -3.36. The molecule has 0 radical (unpaired) electrons. The van der Waals surface area contributed by atoms with E-state index in [9.17, 15) is 14.4 Å². The van der Waals surface area contributed by atoms with Crippen molar-refractivity contribution in [3.05, 3.63) is 47.7 Å². The average molecular weight is 401 g/mol. The highest BCUT2D eigenvalue weighted by atomic mass is 16.5. The van der Waals surface area contributed by atoms with Crippen molar-refractivity contribution in [1.82, 2.24) is 20.4 Å². The van der Waals surface area contributed by atoms with Crippen LogP contribution in [0.15, 0.2) is 36.5 Å². The number of hydrogen-bond donors (Lipinski definition) is 3. The molecule has 0 aliphatic rings. The number of carbonyl (C=O) groups excluding carboxylic acids is 3. The van der Waals surface area contributed by atoms with Crippen molar-refractivity contribution in [2.45, 2.75) is 46.3 Å². The second kappa shape index (κ2) is 10.3. The molecule has 3 amide bonds. The fraction of sp³-hybridized carbons (Fsp3) is 0.400. The van der Waals surface area contributed by atoms with Gasteiger partial charge in [0.2, 0.25) is 0 Å². The Morgan fingerprint density at radius 3 is 2.38 bits per heavy atom. The lowest BCUT2D eigenvalue weighted by Gasteiger charge is -2.12. The Morgan fingerprint density at radius 1 is 1.07 bits per heavy atom.